The molecule has 96 valence electrons. The summed E-state index contributed by atoms with van der Waals surface area (Å²) in [6.45, 7) is 2.66. The van der Waals surface area contributed by atoms with Crippen LogP contribution in [0.5, 0.6) is 0 Å². The van der Waals surface area contributed by atoms with E-state index >= 15 is 0 Å². The van der Waals surface area contributed by atoms with Gasteiger partial charge in [0.2, 0.25) is 5.16 Å². The van der Waals surface area contributed by atoms with E-state index in [9.17, 15) is 4.79 Å². The van der Waals surface area contributed by atoms with Crippen LogP contribution in [-0.4, -0.2) is 46.9 Å². The number of esters is 1. The molecule has 1 rings (SSSR count). The van der Waals surface area contributed by atoms with Crippen LogP contribution in [0.4, 0.5) is 0 Å². The van der Waals surface area contributed by atoms with Gasteiger partial charge in [0.25, 0.3) is 0 Å². The molecule has 0 aromatic carbocycles. The second kappa shape index (κ2) is 7.13. The number of nitrogens with zero attached hydrogens (tertiary/aromatic N) is 3. The molecular formula is C9H16N4O3S. The number of nitrogen functional groups attached to an aromatic ring is 1. The average molecular weight is 260 g/mol. The first-order chi connectivity index (χ1) is 8.19. The molecule has 1 aromatic rings. The standard InChI is InChI=1S/C9H16N4O3S/c1-3-16-8(14)6-17-9-12-11-7(13(9)10)4-5-15-2/h3-6,10H2,1-2H3. The molecule has 8 heteroatoms. The van der Waals surface area contributed by atoms with Crippen LogP contribution in [0.3, 0.4) is 0 Å². The number of carbonyl (C=O) groups excluding carboxylic acids is 1. The molecule has 0 saturated heterocycles. The van der Waals surface area contributed by atoms with E-state index in [1.165, 1.54) is 16.4 Å². The number of hydrogen-bond donors (Lipinski definition) is 1. The molecule has 1 aromatic heterocycles. The lowest BCUT2D eigenvalue weighted by Crippen LogP contribution is -2.16. The Balaban J connectivity index is 2.48. The van der Waals surface area contributed by atoms with Crippen molar-refractivity contribution in [1.82, 2.24) is 14.9 Å². The summed E-state index contributed by atoms with van der Waals surface area (Å²) in [5.74, 6) is 6.27. The fourth-order valence-electron chi connectivity index (χ4n) is 1.10. The van der Waals surface area contributed by atoms with Crippen molar-refractivity contribution in [3.8, 4) is 0 Å². The minimum absolute atomic E-state index is 0.174. The fourth-order valence-corrected chi connectivity index (χ4v) is 1.77. The number of rotatable bonds is 7. The van der Waals surface area contributed by atoms with E-state index < -0.39 is 0 Å². The van der Waals surface area contributed by atoms with Crippen LogP contribution in [0.1, 0.15) is 12.7 Å². The molecule has 0 fully saturated rings. The fraction of sp³-hybridized carbons (Fsp3) is 0.667. The van der Waals surface area contributed by atoms with Gasteiger partial charge < -0.3 is 15.3 Å². The summed E-state index contributed by atoms with van der Waals surface area (Å²) >= 11 is 1.20. The van der Waals surface area contributed by atoms with Crippen LogP contribution in [0.2, 0.25) is 0 Å². The van der Waals surface area contributed by atoms with Gasteiger partial charge in [-0.05, 0) is 6.92 Å². The molecule has 0 aliphatic rings. The van der Waals surface area contributed by atoms with Gasteiger partial charge >= 0.3 is 5.97 Å². The van der Waals surface area contributed by atoms with E-state index in [0.29, 0.717) is 30.6 Å². The van der Waals surface area contributed by atoms with Gasteiger partial charge in [0, 0.05) is 13.5 Å². The van der Waals surface area contributed by atoms with Crippen molar-refractivity contribution in [2.24, 2.45) is 0 Å². The van der Waals surface area contributed by atoms with Crippen molar-refractivity contribution in [1.29, 1.82) is 0 Å². The zero-order valence-electron chi connectivity index (χ0n) is 9.88. The number of carbonyl (C=O) groups is 1. The van der Waals surface area contributed by atoms with E-state index in [1.54, 1.807) is 14.0 Å². The minimum Gasteiger partial charge on any atom is -0.465 e. The highest BCUT2D eigenvalue weighted by molar-refractivity contribution is 7.99. The highest BCUT2D eigenvalue weighted by Gasteiger charge is 2.12. The first kappa shape index (κ1) is 13.8. The molecule has 0 radical (unpaired) electrons. The van der Waals surface area contributed by atoms with Crippen molar-refractivity contribution in [3.63, 3.8) is 0 Å². The second-order valence-electron chi connectivity index (χ2n) is 3.11. The summed E-state index contributed by atoms with van der Waals surface area (Å²) in [6, 6.07) is 0. The molecule has 0 aliphatic carbocycles. The molecule has 0 aliphatic heterocycles. The second-order valence-corrected chi connectivity index (χ2v) is 4.05. The van der Waals surface area contributed by atoms with Crippen LogP contribution in [-0.2, 0) is 20.7 Å². The van der Waals surface area contributed by atoms with Crippen molar-refractivity contribution >= 4 is 17.7 Å². The summed E-state index contributed by atoms with van der Waals surface area (Å²) in [4.78, 5) is 11.1. The summed E-state index contributed by atoms with van der Waals surface area (Å²) in [6.07, 6.45) is 0.583. The van der Waals surface area contributed by atoms with Crippen molar-refractivity contribution in [3.05, 3.63) is 5.82 Å². The van der Waals surface area contributed by atoms with Gasteiger partial charge in [0.1, 0.15) is 0 Å². The quantitative estimate of drug-likeness (QED) is 0.413. The van der Waals surface area contributed by atoms with Gasteiger partial charge in [-0.15, -0.1) is 10.2 Å². The molecule has 0 unspecified atom stereocenters. The number of thioether (sulfide) groups is 1. The third-order valence-corrected chi connectivity index (χ3v) is 2.81. The molecular weight excluding hydrogens is 244 g/mol. The van der Waals surface area contributed by atoms with E-state index in [0.717, 1.165) is 0 Å². The minimum atomic E-state index is -0.293. The summed E-state index contributed by atoms with van der Waals surface area (Å²) < 4.78 is 11.1. The van der Waals surface area contributed by atoms with Crippen molar-refractivity contribution in [2.75, 3.05) is 31.9 Å². The Labute approximate surface area is 104 Å². The van der Waals surface area contributed by atoms with E-state index in [2.05, 4.69) is 10.2 Å². The lowest BCUT2D eigenvalue weighted by Gasteiger charge is -2.03. The number of ether oxygens (including phenoxy) is 2. The monoisotopic (exact) mass is 260 g/mol. The van der Waals surface area contributed by atoms with Crippen LogP contribution < -0.4 is 5.84 Å². The van der Waals surface area contributed by atoms with Gasteiger partial charge in [-0.3, -0.25) is 4.79 Å². The third-order valence-electron chi connectivity index (χ3n) is 1.89. The number of nitrogens with two attached hydrogens (primary N) is 1. The van der Waals surface area contributed by atoms with Crippen molar-refractivity contribution in [2.45, 2.75) is 18.5 Å². The van der Waals surface area contributed by atoms with E-state index in [-0.39, 0.29) is 11.7 Å². The maximum atomic E-state index is 11.1. The number of methoxy groups -OCH3 is 1. The Bertz CT molecular complexity index is 369. The summed E-state index contributed by atoms with van der Waals surface area (Å²) in [5.41, 5.74) is 0. The average Bonchev–Trinajstić information content (AvgIpc) is 2.66. The Morgan fingerprint density at radius 2 is 2.29 bits per heavy atom. The lowest BCUT2D eigenvalue weighted by molar-refractivity contribution is -0.139. The number of hydrogen-bond acceptors (Lipinski definition) is 7. The molecule has 0 atom stereocenters. The Hall–Kier alpha value is -1.28. The van der Waals surface area contributed by atoms with Crippen LogP contribution in [0, 0.1) is 0 Å². The van der Waals surface area contributed by atoms with Gasteiger partial charge in [-0.25, -0.2) is 4.68 Å². The Morgan fingerprint density at radius 1 is 1.53 bits per heavy atom. The maximum Gasteiger partial charge on any atom is 0.316 e. The van der Waals surface area contributed by atoms with Crippen LogP contribution >= 0.6 is 11.8 Å². The molecule has 7 nitrogen and oxygen atoms in total. The third kappa shape index (κ3) is 4.23. The lowest BCUT2D eigenvalue weighted by atomic mass is 10.4. The first-order valence-electron chi connectivity index (χ1n) is 5.15. The molecule has 0 bridgehead atoms. The zero-order valence-corrected chi connectivity index (χ0v) is 10.7. The predicted molar refractivity (Wildman–Crippen MR) is 63.1 cm³/mol. The first-order valence-corrected chi connectivity index (χ1v) is 6.14. The number of aromatic nitrogens is 3. The summed E-state index contributed by atoms with van der Waals surface area (Å²) in [5, 5.41) is 8.29. The molecule has 2 N–H and O–H groups in total. The SMILES string of the molecule is CCOC(=O)CSc1nnc(CCOC)n1N. The largest absolute Gasteiger partial charge is 0.465 e. The van der Waals surface area contributed by atoms with Crippen LogP contribution in [0.25, 0.3) is 0 Å². The topological polar surface area (TPSA) is 92.3 Å². The van der Waals surface area contributed by atoms with Gasteiger partial charge in [-0.2, -0.15) is 0 Å². The van der Waals surface area contributed by atoms with Gasteiger partial charge in [0.05, 0.1) is 19.0 Å². The molecule has 1 heterocycles. The van der Waals surface area contributed by atoms with Gasteiger partial charge in [0.15, 0.2) is 5.82 Å². The normalized spacial score (nSPS) is 10.5. The summed E-state index contributed by atoms with van der Waals surface area (Å²) in [7, 11) is 1.60. The maximum absolute atomic E-state index is 11.1. The van der Waals surface area contributed by atoms with E-state index in [4.69, 9.17) is 15.3 Å². The molecule has 0 spiro atoms. The van der Waals surface area contributed by atoms with E-state index in [1.807, 2.05) is 0 Å². The Morgan fingerprint density at radius 3 is 2.94 bits per heavy atom. The van der Waals surface area contributed by atoms with Crippen LogP contribution in [0.15, 0.2) is 5.16 Å². The van der Waals surface area contributed by atoms with Gasteiger partial charge in [-0.1, -0.05) is 11.8 Å². The zero-order chi connectivity index (χ0) is 12.7. The molecule has 0 amide bonds. The highest BCUT2D eigenvalue weighted by atomic mass is 32.2. The molecule has 0 saturated carbocycles. The Kier molecular flexibility index (Phi) is 5.78. The van der Waals surface area contributed by atoms with Crippen molar-refractivity contribution < 1.29 is 14.3 Å². The predicted octanol–water partition coefficient (Wildman–Crippen LogP) is -0.164. The smallest absolute Gasteiger partial charge is 0.316 e. The highest BCUT2D eigenvalue weighted by Crippen LogP contribution is 2.14. The molecule has 17 heavy (non-hydrogen) atoms.